The highest BCUT2D eigenvalue weighted by atomic mass is 16.2. The van der Waals surface area contributed by atoms with E-state index < -0.39 is 0 Å². The van der Waals surface area contributed by atoms with Crippen molar-refractivity contribution in [3.63, 3.8) is 0 Å². The number of pyridine rings is 1. The maximum Gasteiger partial charge on any atom is 0.219 e. The van der Waals surface area contributed by atoms with Gasteiger partial charge in [-0.05, 0) is 25.3 Å². The lowest BCUT2D eigenvalue weighted by atomic mass is 9.95. The lowest BCUT2D eigenvalue weighted by Gasteiger charge is -2.35. The van der Waals surface area contributed by atoms with Crippen molar-refractivity contribution < 1.29 is 4.79 Å². The Morgan fingerprint density at radius 2 is 2.35 bits per heavy atom. The first-order valence-electron chi connectivity index (χ1n) is 6.14. The number of carbonyl (C=O) groups is 1. The molecule has 4 heteroatoms. The number of hydrogen-bond donors (Lipinski definition) is 1. The van der Waals surface area contributed by atoms with E-state index in [1.807, 2.05) is 18.0 Å². The molecular weight excluding hydrogens is 214 g/mol. The van der Waals surface area contributed by atoms with Gasteiger partial charge in [-0.2, -0.15) is 0 Å². The first kappa shape index (κ1) is 11.9. The monoisotopic (exact) mass is 233 g/mol. The Morgan fingerprint density at radius 3 is 3.06 bits per heavy atom. The highest BCUT2D eigenvalue weighted by Gasteiger charge is 2.27. The normalized spacial score (nSPS) is 20.1. The molecule has 1 fully saturated rings. The van der Waals surface area contributed by atoms with Crippen LogP contribution in [0.3, 0.4) is 0 Å². The van der Waals surface area contributed by atoms with Crippen LogP contribution >= 0.6 is 0 Å². The van der Waals surface area contributed by atoms with E-state index in [4.69, 9.17) is 0 Å². The summed E-state index contributed by atoms with van der Waals surface area (Å²) in [5.74, 6) is 1.03. The Kier molecular flexibility index (Phi) is 3.61. The van der Waals surface area contributed by atoms with Crippen LogP contribution in [-0.4, -0.2) is 29.4 Å². The van der Waals surface area contributed by atoms with Crippen molar-refractivity contribution in [2.45, 2.75) is 32.2 Å². The number of carbonyl (C=O) groups excluding carboxylic acids is 1. The van der Waals surface area contributed by atoms with Gasteiger partial charge in [0.2, 0.25) is 5.91 Å². The molecule has 1 saturated heterocycles. The zero-order valence-electron chi connectivity index (χ0n) is 10.4. The fourth-order valence-electron chi connectivity index (χ4n) is 2.53. The van der Waals surface area contributed by atoms with Crippen molar-refractivity contribution >= 4 is 11.7 Å². The number of piperidine rings is 1. The van der Waals surface area contributed by atoms with Crippen molar-refractivity contribution in [2.75, 3.05) is 18.9 Å². The van der Waals surface area contributed by atoms with Crippen molar-refractivity contribution in [1.82, 2.24) is 9.88 Å². The molecular formula is C13H19N3O. The molecule has 0 aliphatic carbocycles. The van der Waals surface area contributed by atoms with Crippen LogP contribution in [0.1, 0.15) is 37.8 Å². The summed E-state index contributed by atoms with van der Waals surface area (Å²) < 4.78 is 0. The van der Waals surface area contributed by atoms with Crippen LogP contribution in [0, 0.1) is 0 Å². The number of hydrogen-bond acceptors (Lipinski definition) is 3. The van der Waals surface area contributed by atoms with Gasteiger partial charge in [0.1, 0.15) is 5.82 Å². The van der Waals surface area contributed by atoms with Gasteiger partial charge in [0.05, 0.1) is 6.04 Å². The van der Waals surface area contributed by atoms with Crippen molar-refractivity contribution in [3.8, 4) is 0 Å². The van der Waals surface area contributed by atoms with Gasteiger partial charge in [0, 0.05) is 32.3 Å². The summed E-state index contributed by atoms with van der Waals surface area (Å²) in [4.78, 5) is 17.9. The second-order valence-electron chi connectivity index (χ2n) is 4.42. The second-order valence-corrected chi connectivity index (χ2v) is 4.42. The van der Waals surface area contributed by atoms with E-state index in [1.165, 1.54) is 6.42 Å². The summed E-state index contributed by atoms with van der Waals surface area (Å²) in [6, 6.07) is 4.17. The Labute approximate surface area is 102 Å². The third-order valence-electron chi connectivity index (χ3n) is 3.34. The van der Waals surface area contributed by atoms with Crippen LogP contribution in [-0.2, 0) is 4.79 Å². The van der Waals surface area contributed by atoms with Crippen molar-refractivity contribution in [3.05, 3.63) is 23.9 Å². The minimum absolute atomic E-state index is 0.153. The Hall–Kier alpha value is -1.58. The molecule has 1 aromatic rings. The smallest absolute Gasteiger partial charge is 0.219 e. The van der Waals surface area contributed by atoms with Crippen LogP contribution in [0.15, 0.2) is 18.3 Å². The molecule has 1 amide bonds. The largest absolute Gasteiger partial charge is 0.373 e. The second kappa shape index (κ2) is 5.17. The third-order valence-corrected chi connectivity index (χ3v) is 3.34. The van der Waals surface area contributed by atoms with E-state index in [2.05, 4.69) is 16.4 Å². The van der Waals surface area contributed by atoms with Gasteiger partial charge in [-0.25, -0.2) is 4.98 Å². The topological polar surface area (TPSA) is 45.2 Å². The number of rotatable bonds is 2. The highest BCUT2D eigenvalue weighted by Crippen LogP contribution is 2.33. The number of nitrogens with one attached hydrogen (secondary N) is 1. The number of nitrogens with zero attached hydrogens (tertiary/aromatic N) is 2. The highest BCUT2D eigenvalue weighted by molar-refractivity contribution is 5.74. The zero-order valence-corrected chi connectivity index (χ0v) is 10.4. The van der Waals surface area contributed by atoms with Crippen LogP contribution in [0.2, 0.25) is 0 Å². The van der Waals surface area contributed by atoms with Gasteiger partial charge in [-0.3, -0.25) is 4.79 Å². The number of likely N-dealkylation sites (tertiary alicyclic amines) is 1. The van der Waals surface area contributed by atoms with Gasteiger partial charge in [-0.1, -0.05) is 6.07 Å². The van der Waals surface area contributed by atoms with Gasteiger partial charge < -0.3 is 10.2 Å². The van der Waals surface area contributed by atoms with E-state index in [9.17, 15) is 4.79 Å². The van der Waals surface area contributed by atoms with Crippen LogP contribution in [0.5, 0.6) is 0 Å². The number of anilines is 1. The SMILES string of the molecule is CNc1ncccc1C1CCCCN1C(C)=O. The van der Waals surface area contributed by atoms with Gasteiger partial charge in [-0.15, -0.1) is 0 Å². The summed E-state index contributed by atoms with van der Waals surface area (Å²) in [5, 5.41) is 3.10. The summed E-state index contributed by atoms with van der Waals surface area (Å²) in [7, 11) is 1.87. The first-order valence-corrected chi connectivity index (χ1v) is 6.14. The number of amides is 1. The van der Waals surface area contributed by atoms with Crippen LogP contribution in [0.25, 0.3) is 0 Å². The molecule has 1 unspecified atom stereocenters. The molecule has 0 spiro atoms. The summed E-state index contributed by atoms with van der Waals surface area (Å²) >= 11 is 0. The first-order chi connectivity index (χ1) is 8.24. The minimum Gasteiger partial charge on any atom is -0.373 e. The average Bonchev–Trinajstić information content (AvgIpc) is 2.38. The van der Waals surface area contributed by atoms with Gasteiger partial charge >= 0.3 is 0 Å². The van der Waals surface area contributed by atoms with E-state index in [0.717, 1.165) is 30.8 Å². The Balaban J connectivity index is 2.32. The van der Waals surface area contributed by atoms with Crippen molar-refractivity contribution in [1.29, 1.82) is 0 Å². The molecule has 0 aromatic carbocycles. The predicted octanol–water partition coefficient (Wildman–Crippen LogP) is 2.20. The van der Waals surface area contributed by atoms with Crippen LogP contribution in [0.4, 0.5) is 5.82 Å². The van der Waals surface area contributed by atoms with Crippen molar-refractivity contribution in [2.24, 2.45) is 0 Å². The summed E-state index contributed by atoms with van der Waals surface area (Å²) in [6.45, 7) is 2.51. The van der Waals surface area contributed by atoms with E-state index in [-0.39, 0.29) is 11.9 Å². The molecule has 1 aliphatic rings. The summed E-state index contributed by atoms with van der Waals surface area (Å²) in [5.41, 5.74) is 1.13. The molecule has 4 nitrogen and oxygen atoms in total. The maximum atomic E-state index is 11.7. The van der Waals surface area contributed by atoms with Crippen LogP contribution < -0.4 is 5.32 Å². The molecule has 0 bridgehead atoms. The molecule has 1 atom stereocenters. The standard InChI is InChI=1S/C13H19N3O/c1-10(17)16-9-4-3-7-12(16)11-6-5-8-15-13(11)14-2/h5-6,8,12H,3-4,7,9H2,1-2H3,(H,14,15). The van der Waals surface area contributed by atoms with E-state index >= 15 is 0 Å². The molecule has 1 aliphatic heterocycles. The summed E-state index contributed by atoms with van der Waals surface area (Å²) in [6.07, 6.45) is 5.08. The van der Waals surface area contributed by atoms with Gasteiger partial charge in [0.15, 0.2) is 0 Å². The number of aromatic nitrogens is 1. The minimum atomic E-state index is 0.153. The maximum absolute atomic E-state index is 11.7. The fourth-order valence-corrected chi connectivity index (χ4v) is 2.53. The molecule has 0 radical (unpaired) electrons. The van der Waals surface area contributed by atoms with Gasteiger partial charge in [0.25, 0.3) is 0 Å². The molecule has 2 heterocycles. The molecule has 17 heavy (non-hydrogen) atoms. The lowest BCUT2D eigenvalue weighted by Crippen LogP contribution is -2.37. The Bertz CT molecular complexity index is 405. The quantitative estimate of drug-likeness (QED) is 0.851. The zero-order chi connectivity index (χ0) is 12.3. The fraction of sp³-hybridized carbons (Fsp3) is 0.538. The molecule has 92 valence electrons. The molecule has 2 rings (SSSR count). The molecule has 1 N–H and O–H groups in total. The Morgan fingerprint density at radius 1 is 1.53 bits per heavy atom. The van der Waals surface area contributed by atoms with E-state index in [0.29, 0.717) is 0 Å². The lowest BCUT2D eigenvalue weighted by molar-refractivity contribution is -0.132. The predicted molar refractivity (Wildman–Crippen MR) is 67.8 cm³/mol. The average molecular weight is 233 g/mol. The molecule has 1 aromatic heterocycles. The third kappa shape index (κ3) is 2.40. The molecule has 0 saturated carbocycles. The van der Waals surface area contributed by atoms with E-state index in [1.54, 1.807) is 13.1 Å².